The summed E-state index contributed by atoms with van der Waals surface area (Å²) < 4.78 is 29.2. The van der Waals surface area contributed by atoms with Gasteiger partial charge < -0.3 is 0 Å². The Morgan fingerprint density at radius 3 is 2.04 bits per heavy atom. The van der Waals surface area contributed by atoms with E-state index in [0.29, 0.717) is 6.54 Å². The highest BCUT2D eigenvalue weighted by Crippen LogP contribution is 2.20. The molecule has 0 aliphatic heterocycles. The fraction of sp³-hybridized carbons (Fsp3) is 0.333. The van der Waals surface area contributed by atoms with E-state index in [0.717, 1.165) is 12.0 Å². The average molecular weight is 332 g/mol. The molecule has 0 amide bonds. The molecule has 0 saturated heterocycles. The minimum Gasteiger partial charge on any atom is -0.202 e. The number of rotatable bonds is 8. The molecule has 2 aromatic rings. The van der Waals surface area contributed by atoms with Gasteiger partial charge >= 0.3 is 0 Å². The van der Waals surface area contributed by atoms with Crippen molar-refractivity contribution in [3.05, 3.63) is 71.8 Å². The quantitative estimate of drug-likeness (QED) is 0.781. The van der Waals surface area contributed by atoms with Gasteiger partial charge in [-0.1, -0.05) is 60.7 Å². The highest BCUT2D eigenvalue weighted by molar-refractivity contribution is 7.87. The molecule has 0 bridgehead atoms. The van der Waals surface area contributed by atoms with Crippen molar-refractivity contribution in [2.45, 2.75) is 32.2 Å². The lowest BCUT2D eigenvalue weighted by atomic mass is 9.92. The molecule has 4 nitrogen and oxygen atoms in total. The van der Waals surface area contributed by atoms with Gasteiger partial charge in [0.15, 0.2) is 0 Å². The maximum absolute atomic E-state index is 12.0. The average Bonchev–Trinajstić information content (AvgIpc) is 2.52. The SMILES string of the molecule is CC(C)NS(=O)(=O)NCC(Cc1ccccc1)c1ccccc1. The summed E-state index contributed by atoms with van der Waals surface area (Å²) in [5.41, 5.74) is 2.32. The first kappa shape index (κ1) is 17.7. The molecular formula is C18H24N2O2S. The molecule has 1 unspecified atom stereocenters. The van der Waals surface area contributed by atoms with Crippen molar-refractivity contribution in [1.82, 2.24) is 9.44 Å². The van der Waals surface area contributed by atoms with Crippen LogP contribution in [0.2, 0.25) is 0 Å². The van der Waals surface area contributed by atoms with Crippen molar-refractivity contribution in [3.8, 4) is 0 Å². The molecule has 0 spiro atoms. The molecule has 2 aromatic carbocycles. The third-order valence-electron chi connectivity index (χ3n) is 3.51. The van der Waals surface area contributed by atoms with E-state index in [-0.39, 0.29) is 12.0 Å². The van der Waals surface area contributed by atoms with Crippen LogP contribution in [0.3, 0.4) is 0 Å². The Morgan fingerprint density at radius 1 is 0.913 bits per heavy atom. The van der Waals surface area contributed by atoms with E-state index in [1.54, 1.807) is 13.8 Å². The molecule has 0 radical (unpaired) electrons. The maximum Gasteiger partial charge on any atom is 0.277 e. The van der Waals surface area contributed by atoms with Gasteiger partial charge in [0.05, 0.1) is 0 Å². The summed E-state index contributed by atoms with van der Waals surface area (Å²) in [5, 5.41) is 0. The minimum absolute atomic E-state index is 0.0855. The van der Waals surface area contributed by atoms with Crippen LogP contribution in [-0.4, -0.2) is 21.0 Å². The zero-order chi connectivity index (χ0) is 16.7. The van der Waals surface area contributed by atoms with E-state index < -0.39 is 10.2 Å². The Bertz CT molecular complexity index is 685. The van der Waals surface area contributed by atoms with Crippen LogP contribution in [0.5, 0.6) is 0 Å². The number of hydrogen-bond donors (Lipinski definition) is 2. The number of benzene rings is 2. The standard InChI is InChI=1S/C18H24N2O2S/c1-15(2)20-23(21,22)19-14-18(17-11-7-4-8-12-17)13-16-9-5-3-6-10-16/h3-12,15,18-20H,13-14H2,1-2H3. The monoisotopic (exact) mass is 332 g/mol. The van der Waals surface area contributed by atoms with Crippen LogP contribution in [0, 0.1) is 0 Å². The van der Waals surface area contributed by atoms with Gasteiger partial charge in [-0.25, -0.2) is 4.72 Å². The smallest absolute Gasteiger partial charge is 0.202 e. The molecule has 5 heteroatoms. The van der Waals surface area contributed by atoms with Crippen LogP contribution < -0.4 is 9.44 Å². The van der Waals surface area contributed by atoms with Crippen LogP contribution in [0.25, 0.3) is 0 Å². The van der Waals surface area contributed by atoms with E-state index in [1.165, 1.54) is 5.56 Å². The fourth-order valence-corrected chi connectivity index (χ4v) is 3.62. The van der Waals surface area contributed by atoms with Gasteiger partial charge in [-0.3, -0.25) is 0 Å². The molecule has 0 saturated carbocycles. The minimum atomic E-state index is -3.48. The number of hydrogen-bond acceptors (Lipinski definition) is 2. The summed E-state index contributed by atoms with van der Waals surface area (Å²) in [7, 11) is -3.48. The number of nitrogens with one attached hydrogen (secondary N) is 2. The van der Waals surface area contributed by atoms with Gasteiger partial charge in [0.2, 0.25) is 0 Å². The predicted octanol–water partition coefficient (Wildman–Crippen LogP) is 2.85. The van der Waals surface area contributed by atoms with Crippen molar-refractivity contribution >= 4 is 10.2 Å². The zero-order valence-electron chi connectivity index (χ0n) is 13.6. The maximum atomic E-state index is 12.0. The summed E-state index contributed by atoms with van der Waals surface area (Å²) in [6, 6.07) is 20.0. The summed E-state index contributed by atoms with van der Waals surface area (Å²) in [4.78, 5) is 0. The van der Waals surface area contributed by atoms with Crippen molar-refractivity contribution in [2.75, 3.05) is 6.54 Å². The van der Waals surface area contributed by atoms with E-state index in [2.05, 4.69) is 21.6 Å². The van der Waals surface area contributed by atoms with Crippen LogP contribution in [0.15, 0.2) is 60.7 Å². The molecule has 124 valence electrons. The molecule has 1 atom stereocenters. The van der Waals surface area contributed by atoms with Gasteiger partial charge in [0.1, 0.15) is 0 Å². The highest BCUT2D eigenvalue weighted by atomic mass is 32.2. The summed E-state index contributed by atoms with van der Waals surface area (Å²) in [6.45, 7) is 3.97. The first-order chi connectivity index (χ1) is 11.0. The van der Waals surface area contributed by atoms with E-state index in [4.69, 9.17) is 0 Å². The molecule has 0 aromatic heterocycles. The van der Waals surface area contributed by atoms with Crippen molar-refractivity contribution in [2.24, 2.45) is 0 Å². The molecule has 0 heterocycles. The van der Waals surface area contributed by atoms with E-state index in [1.807, 2.05) is 48.5 Å². The van der Waals surface area contributed by atoms with Gasteiger partial charge in [-0.15, -0.1) is 0 Å². The summed E-state index contributed by atoms with van der Waals surface area (Å²) in [5.74, 6) is 0.0855. The van der Waals surface area contributed by atoms with Crippen LogP contribution in [-0.2, 0) is 16.6 Å². The molecule has 0 aliphatic carbocycles. The second kappa shape index (κ2) is 8.24. The van der Waals surface area contributed by atoms with Crippen molar-refractivity contribution in [3.63, 3.8) is 0 Å². The van der Waals surface area contributed by atoms with Crippen LogP contribution in [0.1, 0.15) is 30.9 Å². The summed E-state index contributed by atoms with van der Waals surface area (Å²) >= 11 is 0. The largest absolute Gasteiger partial charge is 0.277 e. The van der Waals surface area contributed by atoms with Gasteiger partial charge in [-0.05, 0) is 31.4 Å². The molecule has 0 aliphatic rings. The normalized spacial score (nSPS) is 13.2. The van der Waals surface area contributed by atoms with Crippen molar-refractivity contribution in [1.29, 1.82) is 0 Å². The molecule has 23 heavy (non-hydrogen) atoms. The Balaban J connectivity index is 2.11. The van der Waals surface area contributed by atoms with E-state index >= 15 is 0 Å². The lowest BCUT2D eigenvalue weighted by molar-refractivity contribution is 0.545. The van der Waals surface area contributed by atoms with Gasteiger partial charge in [0, 0.05) is 18.5 Å². The Hall–Kier alpha value is -1.69. The molecule has 2 rings (SSSR count). The molecule has 2 N–H and O–H groups in total. The highest BCUT2D eigenvalue weighted by Gasteiger charge is 2.17. The Labute approximate surface area is 139 Å². The van der Waals surface area contributed by atoms with E-state index in [9.17, 15) is 8.42 Å². The third-order valence-corrected chi connectivity index (χ3v) is 4.83. The molecular weight excluding hydrogens is 308 g/mol. The molecule has 0 fully saturated rings. The first-order valence-corrected chi connectivity index (χ1v) is 9.30. The summed E-state index contributed by atoms with van der Waals surface area (Å²) in [6.07, 6.45) is 0.787. The van der Waals surface area contributed by atoms with Gasteiger partial charge in [-0.2, -0.15) is 13.1 Å². The first-order valence-electron chi connectivity index (χ1n) is 7.82. The lowest BCUT2D eigenvalue weighted by Gasteiger charge is -2.19. The van der Waals surface area contributed by atoms with Gasteiger partial charge in [0.25, 0.3) is 10.2 Å². The predicted molar refractivity (Wildman–Crippen MR) is 94.5 cm³/mol. The Morgan fingerprint density at radius 2 is 1.48 bits per heavy atom. The topological polar surface area (TPSA) is 58.2 Å². The lowest BCUT2D eigenvalue weighted by Crippen LogP contribution is -2.42. The zero-order valence-corrected chi connectivity index (χ0v) is 14.4. The fourth-order valence-electron chi connectivity index (χ4n) is 2.49. The second-order valence-corrected chi connectivity index (χ2v) is 7.45. The van der Waals surface area contributed by atoms with Crippen LogP contribution >= 0.6 is 0 Å². The van der Waals surface area contributed by atoms with Crippen LogP contribution in [0.4, 0.5) is 0 Å². The second-order valence-electron chi connectivity index (χ2n) is 5.92. The van der Waals surface area contributed by atoms with Crippen molar-refractivity contribution < 1.29 is 8.42 Å². The third kappa shape index (κ3) is 6.14. The Kier molecular flexibility index (Phi) is 6.33.